The molecule has 0 unspecified atom stereocenters. The second-order valence-corrected chi connectivity index (χ2v) is 6.41. The van der Waals surface area contributed by atoms with E-state index < -0.39 is 0 Å². The molecule has 0 spiro atoms. The monoisotopic (exact) mass is 364 g/mol. The second kappa shape index (κ2) is 8.58. The third kappa shape index (κ3) is 4.58. The fraction of sp³-hybridized carbons (Fsp3) is 0.333. The van der Waals surface area contributed by atoms with Gasteiger partial charge < -0.3 is 20.1 Å². The van der Waals surface area contributed by atoms with Crippen molar-refractivity contribution in [3.63, 3.8) is 0 Å². The Hall–Kier alpha value is -3.02. The van der Waals surface area contributed by atoms with Crippen LogP contribution in [0, 0.1) is 0 Å². The van der Waals surface area contributed by atoms with Crippen molar-refractivity contribution in [2.24, 2.45) is 9.98 Å². The van der Waals surface area contributed by atoms with Gasteiger partial charge in [-0.3, -0.25) is 9.98 Å². The molecule has 2 aliphatic heterocycles. The third-order valence-corrected chi connectivity index (χ3v) is 4.43. The van der Waals surface area contributed by atoms with Crippen LogP contribution >= 0.6 is 0 Å². The lowest BCUT2D eigenvalue weighted by Crippen LogP contribution is -2.19. The molecule has 6 nitrogen and oxygen atoms in total. The molecule has 0 radical (unpaired) electrons. The van der Waals surface area contributed by atoms with Crippen molar-refractivity contribution in [1.82, 2.24) is 10.6 Å². The lowest BCUT2D eigenvalue weighted by Gasteiger charge is -2.09. The molecule has 4 rings (SSSR count). The molecule has 0 atom stereocenters. The van der Waals surface area contributed by atoms with Crippen LogP contribution in [0.5, 0.6) is 11.5 Å². The van der Waals surface area contributed by atoms with Crippen LogP contribution in [0.25, 0.3) is 0 Å². The summed E-state index contributed by atoms with van der Waals surface area (Å²) in [7, 11) is 0. The molecule has 140 valence electrons. The number of hydrogen-bond donors (Lipinski definition) is 2. The van der Waals surface area contributed by atoms with Gasteiger partial charge in [0.25, 0.3) is 0 Å². The SMILES string of the molecule is c1cc(C2=NCCN2)ccc1OCCCOc1ccc(C2=NCCN2)cc1. The van der Waals surface area contributed by atoms with Gasteiger partial charge in [0.05, 0.1) is 26.3 Å². The van der Waals surface area contributed by atoms with E-state index in [0.717, 1.165) is 66.9 Å². The maximum atomic E-state index is 5.78. The van der Waals surface area contributed by atoms with E-state index in [1.54, 1.807) is 0 Å². The van der Waals surface area contributed by atoms with Gasteiger partial charge >= 0.3 is 0 Å². The molecular weight excluding hydrogens is 340 g/mol. The molecule has 0 amide bonds. The van der Waals surface area contributed by atoms with Gasteiger partial charge in [-0.05, 0) is 48.5 Å². The number of benzene rings is 2. The highest BCUT2D eigenvalue weighted by Crippen LogP contribution is 2.15. The van der Waals surface area contributed by atoms with Crippen LogP contribution in [0.2, 0.25) is 0 Å². The fourth-order valence-electron chi connectivity index (χ4n) is 3.04. The van der Waals surface area contributed by atoms with Crippen LogP contribution in [-0.4, -0.2) is 51.1 Å². The molecule has 0 fully saturated rings. The lowest BCUT2D eigenvalue weighted by molar-refractivity contribution is 0.247. The molecule has 6 heteroatoms. The molecule has 2 heterocycles. The molecule has 2 N–H and O–H groups in total. The van der Waals surface area contributed by atoms with E-state index in [0.29, 0.717) is 13.2 Å². The molecule has 2 aliphatic rings. The predicted molar refractivity (Wildman–Crippen MR) is 107 cm³/mol. The number of amidine groups is 2. The lowest BCUT2D eigenvalue weighted by atomic mass is 10.2. The van der Waals surface area contributed by atoms with Crippen LogP contribution in [0.4, 0.5) is 0 Å². The Labute approximate surface area is 159 Å². The highest BCUT2D eigenvalue weighted by Gasteiger charge is 2.08. The minimum absolute atomic E-state index is 0.622. The summed E-state index contributed by atoms with van der Waals surface area (Å²) in [6.07, 6.45) is 0.825. The van der Waals surface area contributed by atoms with Gasteiger partial charge in [0.1, 0.15) is 23.2 Å². The van der Waals surface area contributed by atoms with Crippen molar-refractivity contribution < 1.29 is 9.47 Å². The highest BCUT2D eigenvalue weighted by molar-refractivity contribution is 6.00. The first-order valence-corrected chi connectivity index (χ1v) is 9.42. The van der Waals surface area contributed by atoms with E-state index in [-0.39, 0.29) is 0 Å². The van der Waals surface area contributed by atoms with Gasteiger partial charge in [-0.15, -0.1) is 0 Å². The third-order valence-electron chi connectivity index (χ3n) is 4.43. The first kappa shape index (κ1) is 17.4. The normalized spacial score (nSPS) is 15.6. The van der Waals surface area contributed by atoms with Crippen LogP contribution < -0.4 is 20.1 Å². The van der Waals surface area contributed by atoms with E-state index in [4.69, 9.17) is 9.47 Å². The zero-order chi connectivity index (χ0) is 18.3. The summed E-state index contributed by atoms with van der Waals surface area (Å²) in [6.45, 7) is 4.78. The van der Waals surface area contributed by atoms with Crippen molar-refractivity contribution in [2.45, 2.75) is 6.42 Å². The molecule has 0 aliphatic carbocycles. The molecule has 0 saturated carbocycles. The molecule has 27 heavy (non-hydrogen) atoms. The quantitative estimate of drug-likeness (QED) is 0.705. The van der Waals surface area contributed by atoms with Gasteiger partial charge in [0.2, 0.25) is 0 Å². The summed E-state index contributed by atoms with van der Waals surface area (Å²) in [5.41, 5.74) is 2.20. The topological polar surface area (TPSA) is 67.2 Å². The maximum absolute atomic E-state index is 5.78. The van der Waals surface area contributed by atoms with Gasteiger partial charge in [-0.1, -0.05) is 0 Å². The van der Waals surface area contributed by atoms with E-state index in [2.05, 4.69) is 20.6 Å². The Balaban J connectivity index is 1.17. The van der Waals surface area contributed by atoms with Crippen LogP contribution in [0.3, 0.4) is 0 Å². The first-order chi connectivity index (χ1) is 13.4. The molecule has 0 aromatic heterocycles. The van der Waals surface area contributed by atoms with Crippen molar-refractivity contribution in [2.75, 3.05) is 39.4 Å². The average Bonchev–Trinajstić information content (AvgIpc) is 3.43. The maximum Gasteiger partial charge on any atom is 0.128 e. The summed E-state index contributed by atoms with van der Waals surface area (Å²) in [4.78, 5) is 8.83. The summed E-state index contributed by atoms with van der Waals surface area (Å²) in [5.74, 6) is 3.67. The Morgan fingerprint density at radius 3 is 1.48 bits per heavy atom. The minimum Gasteiger partial charge on any atom is -0.493 e. The van der Waals surface area contributed by atoms with Gasteiger partial charge in [-0.2, -0.15) is 0 Å². The first-order valence-electron chi connectivity index (χ1n) is 9.42. The van der Waals surface area contributed by atoms with E-state index >= 15 is 0 Å². The van der Waals surface area contributed by atoms with Crippen LogP contribution in [0.1, 0.15) is 17.5 Å². The second-order valence-electron chi connectivity index (χ2n) is 6.41. The summed E-state index contributed by atoms with van der Waals surface area (Å²) in [5, 5.41) is 6.54. The zero-order valence-electron chi connectivity index (χ0n) is 15.3. The molecule has 2 aromatic rings. The van der Waals surface area contributed by atoms with Crippen molar-refractivity contribution in [3.05, 3.63) is 59.7 Å². The van der Waals surface area contributed by atoms with Gasteiger partial charge in [-0.25, -0.2) is 0 Å². The van der Waals surface area contributed by atoms with Gasteiger partial charge in [0.15, 0.2) is 0 Å². The standard InChI is InChI=1S/C21H24N4O2/c1(14-26-18-6-2-16(3-7-18)20-22-10-11-23-20)15-27-19-8-4-17(5-9-19)21-24-12-13-25-21/h2-9H,1,10-15H2,(H,22,23)(H,24,25). The van der Waals surface area contributed by atoms with Crippen molar-refractivity contribution in [3.8, 4) is 11.5 Å². The molecule has 0 bridgehead atoms. The predicted octanol–water partition coefficient (Wildman–Crippen LogP) is 2.23. The van der Waals surface area contributed by atoms with Crippen molar-refractivity contribution in [1.29, 1.82) is 0 Å². The number of hydrogen-bond acceptors (Lipinski definition) is 6. The van der Waals surface area contributed by atoms with Crippen LogP contribution in [0.15, 0.2) is 58.5 Å². The summed E-state index contributed by atoms with van der Waals surface area (Å²) in [6, 6.07) is 16.1. The van der Waals surface area contributed by atoms with E-state index in [1.165, 1.54) is 0 Å². The molecule has 2 aromatic carbocycles. The number of nitrogens with one attached hydrogen (secondary N) is 2. The van der Waals surface area contributed by atoms with Crippen molar-refractivity contribution >= 4 is 11.7 Å². The Bertz CT molecular complexity index is 744. The fourth-order valence-corrected chi connectivity index (χ4v) is 3.04. The largest absolute Gasteiger partial charge is 0.493 e. The Morgan fingerprint density at radius 1 is 0.667 bits per heavy atom. The Kier molecular flexibility index (Phi) is 5.53. The summed E-state index contributed by atoms with van der Waals surface area (Å²) < 4.78 is 11.6. The number of rotatable bonds is 8. The minimum atomic E-state index is 0.622. The van der Waals surface area contributed by atoms with E-state index in [1.807, 2.05) is 48.5 Å². The highest BCUT2D eigenvalue weighted by atomic mass is 16.5. The summed E-state index contributed by atoms with van der Waals surface area (Å²) >= 11 is 0. The smallest absolute Gasteiger partial charge is 0.128 e. The van der Waals surface area contributed by atoms with Crippen LogP contribution in [-0.2, 0) is 0 Å². The Morgan fingerprint density at radius 2 is 1.11 bits per heavy atom. The number of ether oxygens (including phenoxy) is 2. The molecular formula is C21H24N4O2. The molecule has 0 saturated heterocycles. The average molecular weight is 364 g/mol. The van der Waals surface area contributed by atoms with E-state index in [9.17, 15) is 0 Å². The number of nitrogens with zero attached hydrogens (tertiary/aromatic N) is 2. The van der Waals surface area contributed by atoms with Gasteiger partial charge in [0, 0.05) is 30.6 Å². The zero-order valence-corrected chi connectivity index (χ0v) is 15.3. The number of aliphatic imine (C=N–C) groups is 2.